The maximum atomic E-state index is 5.77. The SMILES string of the molecule is CCc1cc(CSc2nccnc2N)n(CC)n1. The first kappa shape index (κ1) is 12.9. The molecule has 0 fully saturated rings. The Bertz CT molecular complexity index is 523. The molecule has 6 heteroatoms. The third-order valence-electron chi connectivity index (χ3n) is 2.62. The lowest BCUT2D eigenvalue weighted by molar-refractivity contribution is 0.628. The van der Waals surface area contributed by atoms with Gasteiger partial charge >= 0.3 is 0 Å². The first-order valence-electron chi connectivity index (χ1n) is 5.99. The van der Waals surface area contributed by atoms with Crippen LogP contribution in [-0.2, 0) is 18.7 Å². The van der Waals surface area contributed by atoms with Crippen LogP contribution in [0.1, 0.15) is 25.2 Å². The zero-order valence-corrected chi connectivity index (χ0v) is 11.4. The predicted molar refractivity (Wildman–Crippen MR) is 73.3 cm³/mol. The van der Waals surface area contributed by atoms with Gasteiger partial charge < -0.3 is 5.73 Å². The van der Waals surface area contributed by atoms with E-state index in [4.69, 9.17) is 5.73 Å². The quantitative estimate of drug-likeness (QED) is 0.837. The Morgan fingerprint density at radius 2 is 2.06 bits per heavy atom. The van der Waals surface area contributed by atoms with E-state index in [1.807, 2.05) is 4.68 Å². The molecule has 5 nitrogen and oxygen atoms in total. The molecule has 0 unspecified atom stereocenters. The topological polar surface area (TPSA) is 69.6 Å². The zero-order valence-electron chi connectivity index (χ0n) is 10.6. The van der Waals surface area contributed by atoms with Crippen LogP contribution in [0.25, 0.3) is 0 Å². The molecular formula is C12H17N5S. The predicted octanol–water partition coefficient (Wildman–Crippen LogP) is 2.13. The first-order valence-corrected chi connectivity index (χ1v) is 6.98. The van der Waals surface area contributed by atoms with Gasteiger partial charge in [-0.2, -0.15) is 5.10 Å². The van der Waals surface area contributed by atoms with E-state index in [0.717, 1.165) is 29.4 Å². The van der Waals surface area contributed by atoms with Gasteiger partial charge in [0.25, 0.3) is 0 Å². The van der Waals surface area contributed by atoms with E-state index in [1.54, 1.807) is 24.2 Å². The molecule has 0 aliphatic rings. The van der Waals surface area contributed by atoms with Crippen molar-refractivity contribution in [1.29, 1.82) is 0 Å². The largest absolute Gasteiger partial charge is 0.381 e. The van der Waals surface area contributed by atoms with Crippen LogP contribution in [0.5, 0.6) is 0 Å². The summed E-state index contributed by atoms with van der Waals surface area (Å²) in [4.78, 5) is 8.25. The van der Waals surface area contributed by atoms with Crippen LogP contribution in [-0.4, -0.2) is 19.7 Å². The molecule has 2 rings (SSSR count). The minimum atomic E-state index is 0.487. The molecule has 0 radical (unpaired) electrons. The van der Waals surface area contributed by atoms with E-state index in [9.17, 15) is 0 Å². The van der Waals surface area contributed by atoms with Crippen LogP contribution >= 0.6 is 11.8 Å². The van der Waals surface area contributed by atoms with Crippen molar-refractivity contribution in [2.75, 3.05) is 5.73 Å². The molecule has 2 aromatic rings. The minimum Gasteiger partial charge on any atom is -0.381 e. The van der Waals surface area contributed by atoms with Gasteiger partial charge in [0.2, 0.25) is 0 Å². The summed E-state index contributed by atoms with van der Waals surface area (Å²) in [5.74, 6) is 1.30. The number of thioether (sulfide) groups is 1. The molecule has 0 amide bonds. The molecular weight excluding hydrogens is 246 g/mol. The van der Waals surface area contributed by atoms with Crippen molar-refractivity contribution in [2.45, 2.75) is 37.6 Å². The lowest BCUT2D eigenvalue weighted by atomic mass is 10.3. The average molecular weight is 263 g/mol. The van der Waals surface area contributed by atoms with Crippen molar-refractivity contribution in [1.82, 2.24) is 19.7 Å². The smallest absolute Gasteiger partial charge is 0.156 e. The Balaban J connectivity index is 2.10. The molecule has 96 valence electrons. The fourth-order valence-electron chi connectivity index (χ4n) is 1.67. The van der Waals surface area contributed by atoms with Gasteiger partial charge in [-0.3, -0.25) is 4.68 Å². The molecule has 2 N–H and O–H groups in total. The molecule has 2 heterocycles. The molecule has 0 bridgehead atoms. The van der Waals surface area contributed by atoms with Crippen LogP contribution < -0.4 is 5.73 Å². The Labute approximate surface area is 111 Å². The zero-order chi connectivity index (χ0) is 13.0. The summed E-state index contributed by atoms with van der Waals surface area (Å²) in [5, 5.41) is 5.30. The van der Waals surface area contributed by atoms with Crippen LogP contribution in [0.15, 0.2) is 23.5 Å². The molecule has 0 aromatic carbocycles. The second-order valence-electron chi connectivity index (χ2n) is 3.83. The molecule has 18 heavy (non-hydrogen) atoms. The van der Waals surface area contributed by atoms with Gasteiger partial charge in [0.05, 0.1) is 5.69 Å². The number of nitrogens with two attached hydrogens (primary N) is 1. The van der Waals surface area contributed by atoms with Crippen molar-refractivity contribution in [3.8, 4) is 0 Å². The standard InChI is InChI=1S/C12H17N5S/c1-3-9-7-10(17(4-2)16-9)8-18-12-11(13)14-5-6-15-12/h5-7H,3-4,8H2,1-2H3,(H2,13,14). The maximum Gasteiger partial charge on any atom is 0.156 e. The Morgan fingerprint density at radius 1 is 1.28 bits per heavy atom. The van der Waals surface area contributed by atoms with Gasteiger partial charge in [-0.05, 0) is 19.4 Å². The number of aryl methyl sites for hydroxylation is 2. The van der Waals surface area contributed by atoms with Gasteiger partial charge in [-0.15, -0.1) is 0 Å². The summed E-state index contributed by atoms with van der Waals surface area (Å²) >= 11 is 1.59. The van der Waals surface area contributed by atoms with Gasteiger partial charge in [-0.1, -0.05) is 18.7 Å². The maximum absolute atomic E-state index is 5.77. The Kier molecular flexibility index (Phi) is 4.19. The van der Waals surface area contributed by atoms with E-state index in [-0.39, 0.29) is 0 Å². The lowest BCUT2D eigenvalue weighted by Gasteiger charge is -2.05. The highest BCUT2D eigenvalue weighted by Gasteiger charge is 2.08. The number of hydrogen-bond donors (Lipinski definition) is 1. The monoisotopic (exact) mass is 263 g/mol. The van der Waals surface area contributed by atoms with Crippen LogP contribution in [0, 0.1) is 0 Å². The van der Waals surface area contributed by atoms with E-state index < -0.39 is 0 Å². The second-order valence-corrected chi connectivity index (χ2v) is 4.80. The lowest BCUT2D eigenvalue weighted by Crippen LogP contribution is -2.02. The Hall–Kier alpha value is -1.56. The highest BCUT2D eigenvalue weighted by atomic mass is 32.2. The number of hydrogen-bond acceptors (Lipinski definition) is 5. The molecule has 0 saturated heterocycles. The normalized spacial score (nSPS) is 10.8. The fourth-order valence-corrected chi connectivity index (χ4v) is 2.52. The van der Waals surface area contributed by atoms with Gasteiger partial charge in [0.15, 0.2) is 5.82 Å². The average Bonchev–Trinajstić information content (AvgIpc) is 2.80. The van der Waals surface area contributed by atoms with Gasteiger partial charge in [-0.25, -0.2) is 9.97 Å². The van der Waals surface area contributed by atoms with Crippen LogP contribution in [0.3, 0.4) is 0 Å². The van der Waals surface area contributed by atoms with E-state index >= 15 is 0 Å². The number of nitrogens with zero attached hydrogens (tertiary/aromatic N) is 4. The molecule has 0 aliphatic heterocycles. The van der Waals surface area contributed by atoms with Crippen molar-refractivity contribution >= 4 is 17.6 Å². The highest BCUT2D eigenvalue weighted by Crippen LogP contribution is 2.24. The summed E-state index contributed by atoms with van der Waals surface area (Å²) in [5.41, 5.74) is 8.09. The van der Waals surface area contributed by atoms with Crippen LogP contribution in [0.2, 0.25) is 0 Å². The van der Waals surface area contributed by atoms with Crippen molar-refractivity contribution < 1.29 is 0 Å². The number of aromatic nitrogens is 4. The third-order valence-corrected chi connectivity index (χ3v) is 3.65. The van der Waals surface area contributed by atoms with E-state index in [1.165, 1.54) is 5.69 Å². The second kappa shape index (κ2) is 5.86. The summed E-state index contributed by atoms with van der Waals surface area (Å²) in [6.45, 7) is 5.09. The van der Waals surface area contributed by atoms with Crippen LogP contribution in [0.4, 0.5) is 5.82 Å². The molecule has 0 aliphatic carbocycles. The summed E-state index contributed by atoms with van der Waals surface area (Å²) in [6, 6.07) is 2.14. The van der Waals surface area contributed by atoms with Gasteiger partial charge in [0.1, 0.15) is 5.03 Å². The molecule has 0 saturated carbocycles. The summed E-state index contributed by atoms with van der Waals surface area (Å²) in [7, 11) is 0. The van der Waals surface area contributed by atoms with Crippen molar-refractivity contribution in [3.63, 3.8) is 0 Å². The minimum absolute atomic E-state index is 0.487. The van der Waals surface area contributed by atoms with Gasteiger partial charge in [0, 0.05) is 30.4 Å². The third kappa shape index (κ3) is 2.81. The Morgan fingerprint density at radius 3 is 2.72 bits per heavy atom. The number of nitrogen functional groups attached to an aromatic ring is 1. The molecule has 0 atom stereocenters. The highest BCUT2D eigenvalue weighted by molar-refractivity contribution is 7.98. The number of rotatable bonds is 5. The number of anilines is 1. The van der Waals surface area contributed by atoms with Crippen molar-refractivity contribution in [3.05, 3.63) is 29.8 Å². The van der Waals surface area contributed by atoms with Crippen molar-refractivity contribution in [2.24, 2.45) is 0 Å². The summed E-state index contributed by atoms with van der Waals surface area (Å²) in [6.07, 6.45) is 4.22. The fraction of sp³-hybridized carbons (Fsp3) is 0.417. The van der Waals surface area contributed by atoms with E-state index in [0.29, 0.717) is 5.82 Å². The molecule has 2 aromatic heterocycles. The molecule has 0 spiro atoms. The summed E-state index contributed by atoms with van der Waals surface area (Å²) < 4.78 is 2.03. The van der Waals surface area contributed by atoms with E-state index in [2.05, 4.69) is 35.0 Å². The first-order chi connectivity index (χ1) is 8.74.